The molecule has 0 saturated carbocycles. The molecule has 1 heterocycles. The number of rotatable bonds is 6. The molecule has 0 amide bonds. The van der Waals surface area contributed by atoms with Crippen LogP contribution in [0.25, 0.3) is 0 Å². The molecule has 1 fully saturated rings. The first-order chi connectivity index (χ1) is 8.74. The van der Waals surface area contributed by atoms with Gasteiger partial charge >= 0.3 is 13.1 Å². The molecule has 19 heavy (non-hydrogen) atoms. The van der Waals surface area contributed by atoms with E-state index >= 15 is 0 Å². The summed E-state index contributed by atoms with van der Waals surface area (Å²) in [5, 5.41) is 0. The standard InChI is InChI=1S/C14H25BO4/c1-12(16)17-11-9-7-6-8-10-15-18-13(2,3)14(4,5)19-15/h8,10H,6-7,9,11H2,1-5H3/b10-8-. The second kappa shape index (κ2) is 6.57. The van der Waals surface area contributed by atoms with E-state index in [2.05, 4.69) is 6.08 Å². The number of unbranched alkanes of at least 4 members (excludes halogenated alkanes) is 2. The van der Waals surface area contributed by atoms with Gasteiger partial charge in [0.1, 0.15) is 0 Å². The first-order valence-corrected chi connectivity index (χ1v) is 6.90. The lowest BCUT2D eigenvalue weighted by Gasteiger charge is -2.32. The first kappa shape index (κ1) is 16.2. The Bertz CT molecular complexity index is 320. The highest BCUT2D eigenvalue weighted by atomic mass is 16.7. The molecular weight excluding hydrogens is 243 g/mol. The molecular formula is C14H25BO4. The summed E-state index contributed by atoms with van der Waals surface area (Å²) in [5.41, 5.74) is -0.561. The van der Waals surface area contributed by atoms with Crippen LogP contribution in [0.5, 0.6) is 0 Å². The van der Waals surface area contributed by atoms with E-state index in [4.69, 9.17) is 14.0 Å². The van der Waals surface area contributed by atoms with Crippen LogP contribution in [0.2, 0.25) is 0 Å². The third-order valence-corrected chi connectivity index (χ3v) is 3.64. The summed E-state index contributed by atoms with van der Waals surface area (Å²) in [6.45, 7) is 10.1. The molecule has 0 bridgehead atoms. The van der Waals surface area contributed by atoms with Gasteiger partial charge in [-0.1, -0.05) is 12.1 Å². The summed E-state index contributed by atoms with van der Waals surface area (Å²) in [7, 11) is -0.265. The second-order valence-corrected chi connectivity index (χ2v) is 5.89. The van der Waals surface area contributed by atoms with Crippen molar-refractivity contribution >= 4 is 13.1 Å². The highest BCUT2D eigenvalue weighted by Crippen LogP contribution is 2.36. The van der Waals surface area contributed by atoms with Gasteiger partial charge in [0.25, 0.3) is 0 Å². The molecule has 0 radical (unpaired) electrons. The van der Waals surface area contributed by atoms with Gasteiger partial charge in [0.15, 0.2) is 0 Å². The fraction of sp³-hybridized carbons (Fsp3) is 0.786. The second-order valence-electron chi connectivity index (χ2n) is 5.89. The zero-order valence-corrected chi connectivity index (χ0v) is 12.7. The highest BCUT2D eigenvalue weighted by molar-refractivity contribution is 6.51. The Balaban J connectivity index is 2.19. The predicted octanol–water partition coefficient (Wildman–Crippen LogP) is 2.91. The zero-order valence-electron chi connectivity index (χ0n) is 12.7. The van der Waals surface area contributed by atoms with Crippen LogP contribution in [-0.2, 0) is 18.8 Å². The minimum absolute atomic E-state index is 0.215. The molecule has 0 aromatic heterocycles. The van der Waals surface area contributed by atoms with E-state index in [1.54, 1.807) is 0 Å². The molecule has 0 aromatic rings. The van der Waals surface area contributed by atoms with Crippen molar-refractivity contribution in [3.05, 3.63) is 12.1 Å². The summed E-state index contributed by atoms with van der Waals surface area (Å²) in [6, 6.07) is 0. The van der Waals surface area contributed by atoms with Crippen molar-refractivity contribution < 1.29 is 18.8 Å². The average Bonchev–Trinajstić information content (AvgIpc) is 2.45. The van der Waals surface area contributed by atoms with Gasteiger partial charge in [-0.15, -0.1) is 0 Å². The van der Waals surface area contributed by atoms with Crippen LogP contribution in [0.3, 0.4) is 0 Å². The SMILES string of the molecule is CC(=O)OCCCC/C=C\B1OC(C)(C)C(C)(C)O1. The van der Waals surface area contributed by atoms with Gasteiger partial charge < -0.3 is 14.0 Å². The van der Waals surface area contributed by atoms with E-state index in [0.717, 1.165) is 19.3 Å². The fourth-order valence-corrected chi connectivity index (χ4v) is 1.75. The fourth-order valence-electron chi connectivity index (χ4n) is 1.75. The third-order valence-electron chi connectivity index (χ3n) is 3.64. The number of hydrogen-bond acceptors (Lipinski definition) is 4. The van der Waals surface area contributed by atoms with Gasteiger partial charge in [-0.05, 0) is 47.0 Å². The summed E-state index contributed by atoms with van der Waals surface area (Å²) in [5.74, 6) is 1.75. The molecule has 1 aliphatic rings. The van der Waals surface area contributed by atoms with Crippen LogP contribution in [0.15, 0.2) is 12.1 Å². The Morgan fingerprint density at radius 1 is 1.16 bits per heavy atom. The molecule has 0 spiro atoms. The average molecular weight is 268 g/mol. The van der Waals surface area contributed by atoms with Crippen molar-refractivity contribution in [2.24, 2.45) is 0 Å². The van der Waals surface area contributed by atoms with Crippen molar-refractivity contribution in [3.63, 3.8) is 0 Å². The lowest BCUT2D eigenvalue weighted by Crippen LogP contribution is -2.41. The Hall–Kier alpha value is -0.805. The van der Waals surface area contributed by atoms with Gasteiger partial charge in [0.05, 0.1) is 17.8 Å². The maximum absolute atomic E-state index is 10.6. The molecule has 1 saturated heterocycles. The van der Waals surface area contributed by atoms with Crippen LogP contribution in [-0.4, -0.2) is 30.9 Å². The summed E-state index contributed by atoms with van der Waals surface area (Å²) >= 11 is 0. The van der Waals surface area contributed by atoms with Gasteiger partial charge in [0, 0.05) is 6.92 Å². The van der Waals surface area contributed by atoms with E-state index in [1.807, 2.05) is 33.7 Å². The van der Waals surface area contributed by atoms with Crippen molar-refractivity contribution in [1.29, 1.82) is 0 Å². The van der Waals surface area contributed by atoms with Gasteiger partial charge in [0.2, 0.25) is 0 Å². The molecule has 1 rings (SSSR count). The Morgan fingerprint density at radius 3 is 2.26 bits per heavy atom. The monoisotopic (exact) mass is 268 g/mol. The largest absolute Gasteiger partial charge is 0.486 e. The van der Waals surface area contributed by atoms with Crippen LogP contribution in [0, 0.1) is 0 Å². The van der Waals surface area contributed by atoms with Crippen molar-refractivity contribution in [3.8, 4) is 0 Å². The maximum Gasteiger partial charge on any atom is 0.486 e. The minimum atomic E-state index is -0.280. The maximum atomic E-state index is 10.6. The molecule has 108 valence electrons. The summed E-state index contributed by atoms with van der Waals surface area (Å²) in [6.07, 6.45) is 4.87. The van der Waals surface area contributed by atoms with E-state index in [1.165, 1.54) is 6.92 Å². The molecule has 4 nitrogen and oxygen atoms in total. The summed E-state index contributed by atoms with van der Waals surface area (Å²) in [4.78, 5) is 10.6. The lowest BCUT2D eigenvalue weighted by molar-refractivity contribution is -0.141. The van der Waals surface area contributed by atoms with E-state index in [-0.39, 0.29) is 24.3 Å². The first-order valence-electron chi connectivity index (χ1n) is 6.90. The smallest absolute Gasteiger partial charge is 0.466 e. The number of carbonyl (C=O) groups excluding carboxylic acids is 1. The van der Waals surface area contributed by atoms with Crippen LogP contribution in [0.4, 0.5) is 0 Å². The molecule has 1 aliphatic heterocycles. The van der Waals surface area contributed by atoms with Crippen LogP contribution >= 0.6 is 0 Å². The van der Waals surface area contributed by atoms with Crippen molar-refractivity contribution in [1.82, 2.24) is 0 Å². The molecule has 0 N–H and O–H groups in total. The molecule has 0 aliphatic carbocycles. The Morgan fingerprint density at radius 2 is 1.74 bits per heavy atom. The Labute approximate surface area is 116 Å². The lowest BCUT2D eigenvalue weighted by atomic mass is 9.89. The molecule has 0 aromatic carbocycles. The topological polar surface area (TPSA) is 44.8 Å². The zero-order chi connectivity index (χ0) is 14.5. The quantitative estimate of drug-likeness (QED) is 0.422. The van der Waals surface area contributed by atoms with E-state index < -0.39 is 0 Å². The van der Waals surface area contributed by atoms with Gasteiger partial charge in [-0.25, -0.2) is 0 Å². The van der Waals surface area contributed by atoms with E-state index in [0.29, 0.717) is 6.61 Å². The van der Waals surface area contributed by atoms with Gasteiger partial charge in [-0.3, -0.25) is 4.79 Å². The number of esters is 1. The van der Waals surface area contributed by atoms with Crippen molar-refractivity contribution in [2.75, 3.05) is 6.61 Å². The number of ether oxygens (including phenoxy) is 1. The number of hydrogen-bond donors (Lipinski definition) is 0. The highest BCUT2D eigenvalue weighted by Gasteiger charge is 2.49. The number of allylic oxidation sites excluding steroid dienone is 1. The van der Waals surface area contributed by atoms with Crippen molar-refractivity contribution in [2.45, 2.75) is 65.1 Å². The Kier molecular flexibility index (Phi) is 5.62. The molecule has 5 heteroatoms. The van der Waals surface area contributed by atoms with Crippen LogP contribution in [0.1, 0.15) is 53.9 Å². The number of carbonyl (C=O) groups is 1. The normalized spacial score (nSPS) is 21.0. The third kappa shape index (κ3) is 4.99. The molecule has 0 atom stereocenters. The molecule has 0 unspecified atom stereocenters. The predicted molar refractivity (Wildman–Crippen MR) is 75.7 cm³/mol. The van der Waals surface area contributed by atoms with E-state index in [9.17, 15) is 4.79 Å². The minimum Gasteiger partial charge on any atom is -0.466 e. The van der Waals surface area contributed by atoms with Crippen LogP contribution < -0.4 is 0 Å². The van der Waals surface area contributed by atoms with Gasteiger partial charge in [-0.2, -0.15) is 0 Å². The summed E-state index contributed by atoms with van der Waals surface area (Å²) < 4.78 is 16.6.